The third-order valence-electron chi connectivity index (χ3n) is 5.35. The molecular weight excluding hydrogens is 336 g/mol. The highest BCUT2D eigenvalue weighted by Crippen LogP contribution is 2.47. The molecule has 1 aliphatic heterocycles. The minimum atomic E-state index is -0.283. The summed E-state index contributed by atoms with van der Waals surface area (Å²) >= 11 is 0. The fraction of sp³-hybridized carbons (Fsp3) is 0.579. The summed E-state index contributed by atoms with van der Waals surface area (Å²) in [6.45, 7) is 1.60. The van der Waals surface area contributed by atoms with E-state index < -0.39 is 0 Å². The largest absolute Gasteiger partial charge is 0.493 e. The van der Waals surface area contributed by atoms with Gasteiger partial charge in [-0.1, -0.05) is 24.1 Å². The molecule has 2 heterocycles. The number of ether oxygens (including phenoxy) is 4. The van der Waals surface area contributed by atoms with Crippen LogP contribution in [0.3, 0.4) is 0 Å². The van der Waals surface area contributed by atoms with Gasteiger partial charge in [-0.3, -0.25) is 0 Å². The molecule has 1 atom stereocenters. The van der Waals surface area contributed by atoms with E-state index >= 15 is 0 Å². The van der Waals surface area contributed by atoms with Gasteiger partial charge in [-0.15, -0.1) is 0 Å². The van der Waals surface area contributed by atoms with Crippen molar-refractivity contribution in [2.75, 3.05) is 34.0 Å². The number of rotatable bonds is 5. The number of methoxy groups -OCH3 is 2. The normalized spacial score (nSPS) is 22.3. The lowest BCUT2D eigenvalue weighted by Gasteiger charge is -2.26. The summed E-state index contributed by atoms with van der Waals surface area (Å²) in [5, 5.41) is 4.33. The van der Waals surface area contributed by atoms with Crippen molar-refractivity contribution in [2.45, 2.75) is 37.2 Å². The first-order valence-electron chi connectivity index (χ1n) is 9.03. The van der Waals surface area contributed by atoms with Crippen LogP contribution in [0.15, 0.2) is 22.7 Å². The molecule has 7 nitrogen and oxygen atoms in total. The maximum absolute atomic E-state index is 5.69. The second-order valence-electron chi connectivity index (χ2n) is 6.75. The van der Waals surface area contributed by atoms with E-state index in [1.807, 2.05) is 12.1 Å². The van der Waals surface area contributed by atoms with Gasteiger partial charge in [-0.05, 0) is 30.5 Å². The Morgan fingerprint density at radius 1 is 1.08 bits per heavy atom. The van der Waals surface area contributed by atoms with Gasteiger partial charge < -0.3 is 23.5 Å². The van der Waals surface area contributed by atoms with Crippen molar-refractivity contribution < 1.29 is 23.5 Å². The molecule has 1 aliphatic carbocycles. The number of aromatic nitrogens is 2. The Balaban J connectivity index is 1.70. The minimum Gasteiger partial charge on any atom is -0.493 e. The highest BCUT2D eigenvalue weighted by atomic mass is 16.6. The zero-order valence-electron chi connectivity index (χ0n) is 15.2. The summed E-state index contributed by atoms with van der Waals surface area (Å²) < 4.78 is 27.5. The molecule has 1 unspecified atom stereocenters. The summed E-state index contributed by atoms with van der Waals surface area (Å²) in [5.74, 6) is 2.63. The van der Waals surface area contributed by atoms with Gasteiger partial charge in [0.2, 0.25) is 0 Å². The summed E-state index contributed by atoms with van der Waals surface area (Å²) in [4.78, 5) is 4.71. The Labute approximate surface area is 152 Å². The molecule has 1 aromatic heterocycles. The van der Waals surface area contributed by atoms with Gasteiger partial charge in [0, 0.05) is 0 Å². The summed E-state index contributed by atoms with van der Waals surface area (Å²) in [5.41, 5.74) is 0.859. The molecule has 4 rings (SSSR count). The first kappa shape index (κ1) is 17.3. The molecule has 1 aromatic carbocycles. The lowest BCUT2D eigenvalue weighted by atomic mass is 9.78. The van der Waals surface area contributed by atoms with Crippen LogP contribution in [0.2, 0.25) is 0 Å². The zero-order chi connectivity index (χ0) is 18.0. The molecule has 1 saturated heterocycles. The van der Waals surface area contributed by atoms with Crippen LogP contribution in [0.4, 0.5) is 0 Å². The molecule has 2 fully saturated rings. The van der Waals surface area contributed by atoms with E-state index in [4.69, 9.17) is 28.5 Å². The van der Waals surface area contributed by atoms with Crippen molar-refractivity contribution in [3.63, 3.8) is 0 Å². The highest BCUT2D eigenvalue weighted by molar-refractivity contribution is 5.47. The quantitative estimate of drug-likeness (QED) is 0.811. The summed E-state index contributed by atoms with van der Waals surface area (Å²) in [6, 6.07) is 6.04. The van der Waals surface area contributed by atoms with Crippen molar-refractivity contribution in [1.82, 2.24) is 10.1 Å². The van der Waals surface area contributed by atoms with Crippen LogP contribution in [0.5, 0.6) is 11.5 Å². The van der Waals surface area contributed by atoms with Gasteiger partial charge in [0.05, 0.1) is 39.5 Å². The average molecular weight is 360 g/mol. The fourth-order valence-electron chi connectivity index (χ4n) is 3.94. The number of nitrogens with zero attached hydrogens (tertiary/aromatic N) is 2. The Kier molecular flexibility index (Phi) is 4.82. The lowest BCUT2D eigenvalue weighted by Crippen LogP contribution is -2.26. The topological polar surface area (TPSA) is 75.8 Å². The molecule has 7 heteroatoms. The maximum Gasteiger partial charge on any atom is 0.258 e. The van der Waals surface area contributed by atoms with Crippen LogP contribution in [0, 0.1) is 0 Å². The Hall–Kier alpha value is -2.12. The van der Waals surface area contributed by atoms with Crippen LogP contribution >= 0.6 is 0 Å². The fourth-order valence-corrected chi connectivity index (χ4v) is 3.94. The molecule has 0 bridgehead atoms. The van der Waals surface area contributed by atoms with Gasteiger partial charge >= 0.3 is 0 Å². The molecular formula is C19H24N2O5. The van der Waals surface area contributed by atoms with E-state index in [-0.39, 0.29) is 11.5 Å². The van der Waals surface area contributed by atoms with Crippen LogP contribution < -0.4 is 9.47 Å². The van der Waals surface area contributed by atoms with Gasteiger partial charge in [-0.2, -0.15) is 4.98 Å². The monoisotopic (exact) mass is 360 g/mol. The molecule has 0 spiro atoms. The first-order chi connectivity index (χ1) is 12.8. The van der Waals surface area contributed by atoms with Crippen molar-refractivity contribution in [3.05, 3.63) is 35.5 Å². The SMILES string of the molecule is COc1ccc(C2(c3noc(C4COCCO4)n3)CCCC2)cc1OC. The van der Waals surface area contributed by atoms with Crippen molar-refractivity contribution in [1.29, 1.82) is 0 Å². The predicted molar refractivity (Wildman–Crippen MR) is 92.6 cm³/mol. The molecule has 0 N–H and O–H groups in total. The second kappa shape index (κ2) is 7.25. The highest BCUT2D eigenvalue weighted by Gasteiger charge is 2.42. The average Bonchev–Trinajstić information content (AvgIpc) is 3.38. The third kappa shape index (κ3) is 2.95. The number of hydrogen-bond acceptors (Lipinski definition) is 7. The van der Waals surface area contributed by atoms with E-state index in [9.17, 15) is 0 Å². The van der Waals surface area contributed by atoms with Crippen LogP contribution in [-0.2, 0) is 14.9 Å². The van der Waals surface area contributed by atoms with Crippen LogP contribution in [-0.4, -0.2) is 44.2 Å². The van der Waals surface area contributed by atoms with Gasteiger partial charge in [-0.25, -0.2) is 0 Å². The number of benzene rings is 1. The molecule has 26 heavy (non-hydrogen) atoms. The van der Waals surface area contributed by atoms with Crippen LogP contribution in [0.1, 0.15) is 49.1 Å². The second-order valence-corrected chi connectivity index (χ2v) is 6.75. The van der Waals surface area contributed by atoms with Crippen LogP contribution in [0.25, 0.3) is 0 Å². The molecule has 2 aromatic rings. The molecule has 2 aliphatic rings. The summed E-state index contributed by atoms with van der Waals surface area (Å²) in [7, 11) is 3.29. The van der Waals surface area contributed by atoms with Crippen molar-refractivity contribution in [2.24, 2.45) is 0 Å². The predicted octanol–water partition coefficient (Wildman–Crippen LogP) is 3.03. The van der Waals surface area contributed by atoms with E-state index in [2.05, 4.69) is 11.2 Å². The molecule has 140 valence electrons. The van der Waals surface area contributed by atoms with E-state index in [0.717, 1.165) is 31.2 Å². The summed E-state index contributed by atoms with van der Waals surface area (Å²) in [6.07, 6.45) is 3.92. The maximum atomic E-state index is 5.69. The minimum absolute atomic E-state index is 0.267. The van der Waals surface area contributed by atoms with Gasteiger partial charge in [0.25, 0.3) is 5.89 Å². The van der Waals surface area contributed by atoms with Crippen molar-refractivity contribution >= 4 is 0 Å². The van der Waals surface area contributed by atoms with Gasteiger partial charge in [0.1, 0.15) is 0 Å². The van der Waals surface area contributed by atoms with E-state index in [0.29, 0.717) is 43.0 Å². The Bertz CT molecular complexity index is 748. The smallest absolute Gasteiger partial charge is 0.258 e. The Morgan fingerprint density at radius 3 is 2.58 bits per heavy atom. The van der Waals surface area contributed by atoms with E-state index in [1.54, 1.807) is 14.2 Å². The first-order valence-corrected chi connectivity index (χ1v) is 9.03. The zero-order valence-corrected chi connectivity index (χ0v) is 15.2. The molecule has 1 saturated carbocycles. The molecule has 0 amide bonds. The standard InChI is InChI=1S/C19H24N2O5/c1-22-14-6-5-13(11-15(14)23-2)19(7-3-4-8-19)18-20-17(26-21-18)16-12-24-9-10-25-16/h5-6,11,16H,3-4,7-10,12H2,1-2H3. The molecule has 0 radical (unpaired) electrons. The Morgan fingerprint density at radius 2 is 1.88 bits per heavy atom. The van der Waals surface area contributed by atoms with E-state index in [1.165, 1.54) is 0 Å². The lowest BCUT2D eigenvalue weighted by molar-refractivity contribution is -0.101. The number of hydrogen-bond donors (Lipinski definition) is 0. The third-order valence-corrected chi connectivity index (χ3v) is 5.35. The van der Waals surface area contributed by atoms with Gasteiger partial charge in [0.15, 0.2) is 23.4 Å². The van der Waals surface area contributed by atoms with Crippen molar-refractivity contribution in [3.8, 4) is 11.5 Å².